The van der Waals surface area contributed by atoms with Gasteiger partial charge in [-0.3, -0.25) is 0 Å². The zero-order valence-corrected chi connectivity index (χ0v) is 13.0. The van der Waals surface area contributed by atoms with E-state index >= 15 is 0 Å². The second kappa shape index (κ2) is 8.93. The minimum atomic E-state index is -0.465. The number of hydrogen-bond donors (Lipinski definition) is 1. The fraction of sp³-hybridized carbons (Fsp3) is 0.538. The van der Waals surface area contributed by atoms with E-state index < -0.39 is 6.10 Å². The molecule has 0 aliphatic rings. The van der Waals surface area contributed by atoms with Crippen LogP contribution in [0.1, 0.15) is 6.92 Å². The van der Waals surface area contributed by atoms with Gasteiger partial charge in [0.25, 0.3) is 0 Å². The Bertz CT molecular complexity index is 349. The molecular formula is C13H19BrO3S. The first kappa shape index (κ1) is 16.0. The quantitative estimate of drug-likeness (QED) is 0.742. The van der Waals surface area contributed by atoms with Crippen molar-refractivity contribution in [2.24, 2.45) is 0 Å². The number of thioether (sulfide) groups is 1. The average molecular weight is 335 g/mol. The number of ether oxygens (including phenoxy) is 2. The Hall–Kier alpha value is -0.0700. The van der Waals surface area contributed by atoms with Gasteiger partial charge in [-0.1, -0.05) is 22.0 Å². The number of aliphatic hydroxyl groups is 1. The van der Waals surface area contributed by atoms with E-state index in [1.807, 2.05) is 31.2 Å². The van der Waals surface area contributed by atoms with Gasteiger partial charge < -0.3 is 14.6 Å². The van der Waals surface area contributed by atoms with Crippen molar-refractivity contribution < 1.29 is 14.6 Å². The first-order valence-corrected chi connectivity index (χ1v) is 7.56. The molecule has 102 valence electrons. The lowest BCUT2D eigenvalue weighted by atomic mass is 10.4. The molecule has 1 aromatic carbocycles. The van der Waals surface area contributed by atoms with Crippen LogP contribution in [0, 0.1) is 0 Å². The van der Waals surface area contributed by atoms with Gasteiger partial charge in [0.05, 0.1) is 25.4 Å². The number of rotatable bonds is 8. The van der Waals surface area contributed by atoms with E-state index in [4.69, 9.17) is 9.47 Å². The maximum atomic E-state index is 9.80. The molecule has 0 spiro atoms. The summed E-state index contributed by atoms with van der Waals surface area (Å²) in [6.07, 6.45) is -0.450. The van der Waals surface area contributed by atoms with E-state index in [2.05, 4.69) is 15.9 Å². The summed E-state index contributed by atoms with van der Waals surface area (Å²) in [5.74, 6) is 0.621. The van der Waals surface area contributed by atoms with Gasteiger partial charge in [-0.05, 0) is 25.1 Å². The smallest absolute Gasteiger partial charge is 0.0867 e. The molecule has 0 saturated carbocycles. The lowest BCUT2D eigenvalue weighted by molar-refractivity contribution is -0.0257. The van der Waals surface area contributed by atoms with Gasteiger partial charge in [-0.2, -0.15) is 0 Å². The molecule has 0 radical (unpaired) electrons. The number of aliphatic hydroxyl groups excluding tert-OH is 1. The number of benzene rings is 1. The summed E-state index contributed by atoms with van der Waals surface area (Å²) in [5, 5.41) is 9.80. The largest absolute Gasteiger partial charge is 0.390 e. The van der Waals surface area contributed by atoms with Crippen molar-refractivity contribution in [2.75, 3.05) is 26.1 Å². The van der Waals surface area contributed by atoms with Crippen molar-refractivity contribution in [3.63, 3.8) is 0 Å². The third kappa shape index (κ3) is 6.75. The molecule has 1 rings (SSSR count). The highest BCUT2D eigenvalue weighted by molar-refractivity contribution is 9.10. The van der Waals surface area contributed by atoms with Crippen LogP contribution in [0.15, 0.2) is 33.6 Å². The third-order valence-corrected chi connectivity index (χ3v) is 3.84. The first-order chi connectivity index (χ1) is 8.61. The summed E-state index contributed by atoms with van der Waals surface area (Å²) >= 11 is 5.04. The predicted molar refractivity (Wildman–Crippen MR) is 78.2 cm³/mol. The standard InChI is InChI=1S/C13H19BrO3S/c1-10(7-16-2)17-8-12(15)9-18-13-5-3-4-11(14)6-13/h3-6,10,12,15H,7-9H2,1-2H3. The van der Waals surface area contributed by atoms with Crippen molar-refractivity contribution in [2.45, 2.75) is 24.0 Å². The Morgan fingerprint density at radius 3 is 2.83 bits per heavy atom. The minimum Gasteiger partial charge on any atom is -0.390 e. The molecule has 3 nitrogen and oxygen atoms in total. The van der Waals surface area contributed by atoms with Crippen molar-refractivity contribution in [3.8, 4) is 0 Å². The van der Waals surface area contributed by atoms with Crippen LogP contribution in [0.25, 0.3) is 0 Å². The van der Waals surface area contributed by atoms with Crippen LogP contribution in [0.5, 0.6) is 0 Å². The SMILES string of the molecule is COCC(C)OCC(O)CSc1cccc(Br)c1. The Balaban J connectivity index is 2.22. The summed E-state index contributed by atoms with van der Waals surface area (Å²) < 4.78 is 11.5. The fourth-order valence-corrected chi connectivity index (χ4v) is 2.77. The average Bonchev–Trinajstić information content (AvgIpc) is 2.34. The van der Waals surface area contributed by atoms with Gasteiger partial charge in [0.1, 0.15) is 0 Å². The van der Waals surface area contributed by atoms with Crippen molar-refractivity contribution >= 4 is 27.7 Å². The lowest BCUT2D eigenvalue weighted by Crippen LogP contribution is -2.24. The highest BCUT2D eigenvalue weighted by Crippen LogP contribution is 2.22. The van der Waals surface area contributed by atoms with E-state index in [1.54, 1.807) is 18.9 Å². The summed E-state index contributed by atoms with van der Waals surface area (Å²) in [7, 11) is 1.64. The highest BCUT2D eigenvalue weighted by atomic mass is 79.9. The van der Waals surface area contributed by atoms with Crippen LogP contribution in [0.2, 0.25) is 0 Å². The molecule has 2 unspecified atom stereocenters. The molecule has 1 aromatic rings. The molecule has 0 amide bonds. The molecular weight excluding hydrogens is 316 g/mol. The molecule has 1 N–H and O–H groups in total. The van der Waals surface area contributed by atoms with E-state index in [1.165, 1.54) is 0 Å². The minimum absolute atomic E-state index is 0.0144. The van der Waals surface area contributed by atoms with E-state index in [0.29, 0.717) is 19.0 Å². The van der Waals surface area contributed by atoms with Crippen LogP contribution >= 0.6 is 27.7 Å². The van der Waals surface area contributed by atoms with Crippen molar-refractivity contribution in [1.29, 1.82) is 0 Å². The van der Waals surface area contributed by atoms with Gasteiger partial charge in [-0.15, -0.1) is 11.8 Å². The van der Waals surface area contributed by atoms with Crippen LogP contribution < -0.4 is 0 Å². The third-order valence-electron chi connectivity index (χ3n) is 2.21. The summed E-state index contributed by atoms with van der Waals surface area (Å²) in [4.78, 5) is 1.13. The normalized spacial score (nSPS) is 14.4. The van der Waals surface area contributed by atoms with E-state index in [9.17, 15) is 5.11 Å². The summed E-state index contributed by atoms with van der Waals surface area (Å²) in [6.45, 7) is 2.81. The number of methoxy groups -OCH3 is 1. The highest BCUT2D eigenvalue weighted by Gasteiger charge is 2.08. The maximum Gasteiger partial charge on any atom is 0.0867 e. The Kier molecular flexibility index (Phi) is 7.93. The van der Waals surface area contributed by atoms with Gasteiger partial charge >= 0.3 is 0 Å². The molecule has 0 fully saturated rings. The zero-order valence-electron chi connectivity index (χ0n) is 10.6. The molecule has 18 heavy (non-hydrogen) atoms. The number of hydrogen-bond acceptors (Lipinski definition) is 4. The van der Waals surface area contributed by atoms with Gasteiger partial charge in [0, 0.05) is 22.2 Å². The Morgan fingerprint density at radius 1 is 1.39 bits per heavy atom. The van der Waals surface area contributed by atoms with Gasteiger partial charge in [0.15, 0.2) is 0 Å². The molecule has 0 aromatic heterocycles. The fourth-order valence-electron chi connectivity index (χ4n) is 1.36. The van der Waals surface area contributed by atoms with E-state index in [-0.39, 0.29) is 6.10 Å². The molecule has 0 aliphatic carbocycles. The topological polar surface area (TPSA) is 38.7 Å². The summed E-state index contributed by atoms with van der Waals surface area (Å²) in [6, 6.07) is 8.02. The molecule has 0 aliphatic heterocycles. The Labute approximate surface area is 121 Å². The van der Waals surface area contributed by atoms with Crippen LogP contribution in [0.4, 0.5) is 0 Å². The molecule has 2 atom stereocenters. The maximum absolute atomic E-state index is 9.80. The second-order valence-corrected chi connectivity index (χ2v) is 6.03. The van der Waals surface area contributed by atoms with Crippen molar-refractivity contribution in [1.82, 2.24) is 0 Å². The van der Waals surface area contributed by atoms with Gasteiger partial charge in [-0.25, -0.2) is 0 Å². The zero-order chi connectivity index (χ0) is 13.4. The predicted octanol–water partition coefficient (Wildman–Crippen LogP) is 2.95. The molecule has 5 heteroatoms. The first-order valence-electron chi connectivity index (χ1n) is 5.78. The monoisotopic (exact) mass is 334 g/mol. The van der Waals surface area contributed by atoms with Crippen LogP contribution in [-0.2, 0) is 9.47 Å². The van der Waals surface area contributed by atoms with Crippen LogP contribution in [-0.4, -0.2) is 43.4 Å². The van der Waals surface area contributed by atoms with Gasteiger partial charge in [0.2, 0.25) is 0 Å². The molecule has 0 heterocycles. The van der Waals surface area contributed by atoms with Crippen LogP contribution in [0.3, 0.4) is 0 Å². The number of halogens is 1. The van der Waals surface area contributed by atoms with Crippen molar-refractivity contribution in [3.05, 3.63) is 28.7 Å². The molecule has 0 bridgehead atoms. The Morgan fingerprint density at radius 2 is 2.17 bits per heavy atom. The summed E-state index contributed by atoms with van der Waals surface area (Å²) in [5.41, 5.74) is 0. The van der Waals surface area contributed by atoms with E-state index in [0.717, 1.165) is 9.37 Å². The second-order valence-electron chi connectivity index (χ2n) is 4.02. The lowest BCUT2D eigenvalue weighted by Gasteiger charge is -2.15. The molecule has 0 saturated heterocycles.